The number of benzene rings is 1. The van der Waals surface area contributed by atoms with Crippen LogP contribution in [0.2, 0.25) is 0 Å². The molecule has 0 spiro atoms. The predicted molar refractivity (Wildman–Crippen MR) is 130 cm³/mol. The van der Waals surface area contributed by atoms with E-state index < -0.39 is 11.6 Å². The topological polar surface area (TPSA) is 101 Å². The first-order chi connectivity index (χ1) is 16.9. The number of halogens is 2. The lowest BCUT2D eigenvalue weighted by atomic mass is 9.76. The van der Waals surface area contributed by atoms with Crippen molar-refractivity contribution in [3.63, 3.8) is 0 Å². The van der Waals surface area contributed by atoms with E-state index in [1.807, 2.05) is 6.07 Å². The van der Waals surface area contributed by atoms with E-state index in [9.17, 15) is 8.78 Å². The van der Waals surface area contributed by atoms with Crippen LogP contribution >= 0.6 is 0 Å². The average Bonchev–Trinajstić information content (AvgIpc) is 3.21. The summed E-state index contributed by atoms with van der Waals surface area (Å²) in [6.45, 7) is 2.04. The number of nitrogens with two attached hydrogens (primary N) is 1. The molecule has 9 heteroatoms. The van der Waals surface area contributed by atoms with Crippen LogP contribution in [0.5, 0.6) is 0 Å². The van der Waals surface area contributed by atoms with Gasteiger partial charge in [0.2, 0.25) is 5.95 Å². The third-order valence-electron chi connectivity index (χ3n) is 6.66. The van der Waals surface area contributed by atoms with Gasteiger partial charge in [0.25, 0.3) is 0 Å². The van der Waals surface area contributed by atoms with Crippen LogP contribution in [0.3, 0.4) is 0 Å². The second kappa shape index (κ2) is 9.67. The van der Waals surface area contributed by atoms with Crippen molar-refractivity contribution < 1.29 is 13.9 Å². The van der Waals surface area contributed by atoms with E-state index in [2.05, 4.69) is 27.3 Å². The number of imidazole rings is 1. The summed E-state index contributed by atoms with van der Waals surface area (Å²) in [7, 11) is 0. The molecule has 3 heterocycles. The third kappa shape index (κ3) is 4.74. The van der Waals surface area contributed by atoms with Gasteiger partial charge >= 0.3 is 0 Å². The summed E-state index contributed by atoms with van der Waals surface area (Å²) in [6.07, 6.45) is 8.32. The highest BCUT2D eigenvalue weighted by Gasteiger charge is 2.27. The Labute approximate surface area is 202 Å². The Balaban J connectivity index is 1.50. The number of anilines is 2. The molecule has 0 saturated heterocycles. The van der Waals surface area contributed by atoms with E-state index in [0.29, 0.717) is 28.9 Å². The van der Waals surface area contributed by atoms with Crippen molar-refractivity contribution in [3.05, 3.63) is 71.7 Å². The van der Waals surface area contributed by atoms with Gasteiger partial charge in [-0.3, -0.25) is 4.98 Å². The molecule has 5 rings (SSSR count). The van der Waals surface area contributed by atoms with Crippen molar-refractivity contribution in [2.45, 2.75) is 44.6 Å². The Morgan fingerprint density at radius 2 is 1.91 bits per heavy atom. The molecule has 3 aromatic heterocycles. The maximum absolute atomic E-state index is 14.8. The summed E-state index contributed by atoms with van der Waals surface area (Å²) < 4.78 is 31.1. The van der Waals surface area contributed by atoms with Crippen LogP contribution in [0, 0.1) is 17.6 Å². The van der Waals surface area contributed by atoms with Gasteiger partial charge in [0.15, 0.2) is 0 Å². The van der Waals surface area contributed by atoms with Crippen molar-refractivity contribution in [2.75, 3.05) is 11.9 Å². The van der Waals surface area contributed by atoms with Crippen molar-refractivity contribution >= 4 is 17.2 Å². The van der Waals surface area contributed by atoms with Crippen LogP contribution in [0.1, 0.15) is 43.2 Å². The van der Waals surface area contributed by atoms with Crippen molar-refractivity contribution in [1.29, 1.82) is 0 Å². The highest BCUT2D eigenvalue weighted by atomic mass is 19.1. The molecular weight excluding hydrogens is 450 g/mol. The number of fused-ring (bicyclic) bond motifs is 1. The first-order valence-electron chi connectivity index (χ1n) is 11.8. The molecule has 3 atom stereocenters. The molecule has 1 aromatic carbocycles. The van der Waals surface area contributed by atoms with Gasteiger partial charge in [0.1, 0.15) is 11.6 Å². The van der Waals surface area contributed by atoms with Gasteiger partial charge in [-0.25, -0.2) is 13.8 Å². The molecule has 0 unspecified atom stereocenters. The molecule has 1 fully saturated rings. The van der Waals surface area contributed by atoms with Gasteiger partial charge in [0, 0.05) is 18.8 Å². The minimum absolute atomic E-state index is 0.141. The molecule has 4 N–H and O–H groups in total. The van der Waals surface area contributed by atoms with Gasteiger partial charge in [-0.05, 0) is 79.0 Å². The summed E-state index contributed by atoms with van der Waals surface area (Å²) in [6, 6.07) is 7.90. The van der Waals surface area contributed by atoms with Crippen molar-refractivity contribution in [2.24, 2.45) is 11.7 Å². The Morgan fingerprint density at radius 1 is 1.11 bits per heavy atom. The molecule has 7 nitrogen and oxygen atoms in total. The Hall–Kier alpha value is -3.43. The van der Waals surface area contributed by atoms with Crippen molar-refractivity contribution in [1.82, 2.24) is 19.6 Å². The number of aliphatic hydroxyl groups excluding tert-OH is 1. The number of nitrogens with zero attached hydrogens (tertiary/aromatic N) is 4. The average molecular weight is 479 g/mol. The maximum Gasteiger partial charge on any atom is 0.229 e. The van der Waals surface area contributed by atoms with Gasteiger partial charge in [0.05, 0.1) is 34.9 Å². The fourth-order valence-electron chi connectivity index (χ4n) is 5.14. The van der Waals surface area contributed by atoms with E-state index in [-0.39, 0.29) is 30.3 Å². The second-order valence-corrected chi connectivity index (χ2v) is 9.40. The summed E-state index contributed by atoms with van der Waals surface area (Å²) in [4.78, 5) is 8.73. The van der Waals surface area contributed by atoms with Crippen LogP contribution in [-0.4, -0.2) is 37.3 Å². The number of pyridine rings is 1. The largest absolute Gasteiger partial charge is 0.396 e. The number of hydrogen-bond donors (Lipinski definition) is 3. The van der Waals surface area contributed by atoms with Gasteiger partial charge in [-0.1, -0.05) is 6.92 Å². The number of aliphatic hydroxyl groups is 1. The van der Waals surface area contributed by atoms with E-state index >= 15 is 0 Å². The zero-order chi connectivity index (χ0) is 24.5. The van der Waals surface area contributed by atoms with E-state index in [1.54, 1.807) is 30.7 Å². The first-order valence-corrected chi connectivity index (χ1v) is 11.8. The molecule has 1 saturated carbocycles. The Morgan fingerprint density at radius 3 is 2.66 bits per heavy atom. The summed E-state index contributed by atoms with van der Waals surface area (Å²) in [5, 5.41) is 16.9. The highest BCUT2D eigenvalue weighted by Crippen LogP contribution is 2.39. The molecule has 1 aliphatic rings. The van der Waals surface area contributed by atoms with E-state index in [1.165, 1.54) is 16.6 Å². The van der Waals surface area contributed by atoms with Crippen LogP contribution in [0.4, 0.5) is 20.4 Å². The number of nitrogens with one attached hydrogen (secondary N) is 1. The third-order valence-corrected chi connectivity index (χ3v) is 6.66. The SMILES string of the molecule is C[C@@H]1C[C@H](N)C[C@H](c2ccncc2Nc2ncc3ccc(-c4c(F)cc(CCO)cc4F)nn23)C1. The first kappa shape index (κ1) is 23.3. The highest BCUT2D eigenvalue weighted by molar-refractivity contribution is 5.66. The van der Waals surface area contributed by atoms with E-state index in [0.717, 1.165) is 30.5 Å². The lowest BCUT2D eigenvalue weighted by molar-refractivity contribution is 0.299. The van der Waals surface area contributed by atoms with Crippen LogP contribution < -0.4 is 11.1 Å². The van der Waals surface area contributed by atoms with E-state index in [4.69, 9.17) is 10.8 Å². The predicted octanol–water partition coefficient (Wildman–Crippen LogP) is 4.58. The Bertz CT molecular complexity index is 1320. The standard InChI is InChI=1S/C26H28F2N6O/c1-15-8-17(12-18(29)9-15)20-4-6-30-14-24(20)32-26-31-13-19-2-3-23(33-34(19)26)25-21(27)10-16(5-7-35)11-22(25)28/h2-4,6,10-11,13-15,17-18,35H,5,7-9,12,29H2,1H3,(H,31,32)/t15-,17+,18-/m0/s1. The smallest absolute Gasteiger partial charge is 0.229 e. The fraction of sp³-hybridized carbons (Fsp3) is 0.346. The minimum Gasteiger partial charge on any atom is -0.396 e. The number of aromatic nitrogens is 4. The van der Waals surface area contributed by atoms with Gasteiger partial charge < -0.3 is 16.2 Å². The molecule has 0 radical (unpaired) electrons. The summed E-state index contributed by atoms with van der Waals surface area (Å²) >= 11 is 0. The molecule has 0 aliphatic heterocycles. The lowest BCUT2D eigenvalue weighted by Crippen LogP contribution is -2.31. The van der Waals surface area contributed by atoms with Gasteiger partial charge in [-0.15, -0.1) is 0 Å². The van der Waals surface area contributed by atoms with Crippen LogP contribution in [0.15, 0.2) is 48.9 Å². The summed E-state index contributed by atoms with van der Waals surface area (Å²) in [5.74, 6) is -0.203. The molecule has 35 heavy (non-hydrogen) atoms. The molecule has 4 aromatic rings. The normalized spacial score (nSPS) is 20.3. The molecule has 1 aliphatic carbocycles. The number of hydrogen-bond acceptors (Lipinski definition) is 6. The monoisotopic (exact) mass is 478 g/mol. The van der Waals surface area contributed by atoms with Crippen LogP contribution in [-0.2, 0) is 6.42 Å². The summed E-state index contributed by atoms with van der Waals surface area (Å²) in [5.41, 5.74) is 9.21. The van der Waals surface area contributed by atoms with Gasteiger partial charge in [-0.2, -0.15) is 9.61 Å². The van der Waals surface area contributed by atoms with Crippen LogP contribution in [0.25, 0.3) is 16.8 Å². The second-order valence-electron chi connectivity index (χ2n) is 9.40. The molecule has 182 valence electrons. The molecule has 0 bridgehead atoms. The minimum atomic E-state index is -0.729. The van der Waals surface area contributed by atoms with Crippen molar-refractivity contribution in [3.8, 4) is 11.3 Å². The molecule has 0 amide bonds. The zero-order valence-corrected chi connectivity index (χ0v) is 19.5. The number of rotatable bonds is 6. The zero-order valence-electron chi connectivity index (χ0n) is 19.5. The maximum atomic E-state index is 14.8. The Kier molecular flexibility index (Phi) is 6.44. The fourth-order valence-corrected chi connectivity index (χ4v) is 5.14. The molecular formula is C26H28F2N6O. The quantitative estimate of drug-likeness (QED) is 0.375. The lowest BCUT2D eigenvalue weighted by Gasteiger charge is -2.32.